The van der Waals surface area contributed by atoms with Gasteiger partial charge in [-0.25, -0.2) is 4.98 Å². The largest absolute Gasteiger partial charge is 0.391 e. The zero-order valence-corrected chi connectivity index (χ0v) is 8.62. The molecule has 0 spiro atoms. The van der Waals surface area contributed by atoms with Crippen LogP contribution in [0.2, 0.25) is 0 Å². The van der Waals surface area contributed by atoms with Crippen LogP contribution in [0.3, 0.4) is 0 Å². The number of hydrogen-bond acceptors (Lipinski definition) is 2. The van der Waals surface area contributed by atoms with Crippen molar-refractivity contribution in [3.63, 3.8) is 0 Å². The molecule has 1 heterocycles. The Labute approximate surface area is 86.1 Å². The maximum Gasteiger partial charge on any atom is 0.391 e. The van der Waals surface area contributed by atoms with Crippen LogP contribution in [-0.2, 0) is 0 Å². The zero-order chi connectivity index (χ0) is 11.6. The van der Waals surface area contributed by atoms with Gasteiger partial charge in [0.1, 0.15) is 0 Å². The minimum absolute atomic E-state index is 0.316. The third-order valence-corrected chi connectivity index (χ3v) is 2.16. The lowest BCUT2D eigenvalue weighted by atomic mass is 10.2. The topological polar surface area (TPSA) is 43.8 Å². The van der Waals surface area contributed by atoms with Gasteiger partial charge in [0.25, 0.3) is 0 Å². The van der Waals surface area contributed by atoms with Crippen LogP contribution in [0.25, 0.3) is 0 Å². The number of rotatable bonds is 3. The molecule has 86 valence electrons. The van der Waals surface area contributed by atoms with E-state index >= 15 is 0 Å². The van der Waals surface area contributed by atoms with Crippen LogP contribution in [0, 0.1) is 0 Å². The van der Waals surface area contributed by atoms with E-state index in [0.717, 1.165) is 0 Å². The Hall–Kier alpha value is -1.04. The van der Waals surface area contributed by atoms with Crippen molar-refractivity contribution in [2.45, 2.75) is 38.5 Å². The summed E-state index contributed by atoms with van der Waals surface area (Å²) in [6.07, 6.45) is -2.16. The number of nitrogens with two attached hydrogens (primary N) is 1. The summed E-state index contributed by atoms with van der Waals surface area (Å²) in [5.74, 6) is 0. The van der Waals surface area contributed by atoms with Crippen molar-refractivity contribution >= 4 is 0 Å². The molecule has 1 aromatic heterocycles. The van der Waals surface area contributed by atoms with Gasteiger partial charge in [0.2, 0.25) is 0 Å². The average Bonchev–Trinajstić information content (AvgIpc) is 2.47. The Kier molecular flexibility index (Phi) is 3.38. The highest BCUT2D eigenvalue weighted by Crippen LogP contribution is 2.28. The van der Waals surface area contributed by atoms with Crippen molar-refractivity contribution in [2.75, 3.05) is 0 Å². The number of hydrogen-bond donors (Lipinski definition) is 1. The van der Waals surface area contributed by atoms with E-state index < -0.39 is 18.6 Å². The third-order valence-electron chi connectivity index (χ3n) is 2.16. The van der Waals surface area contributed by atoms with Crippen LogP contribution in [0.1, 0.15) is 38.0 Å². The van der Waals surface area contributed by atoms with Gasteiger partial charge in [-0.05, 0) is 13.8 Å². The first-order chi connectivity index (χ1) is 6.81. The second-order valence-corrected chi connectivity index (χ2v) is 3.68. The van der Waals surface area contributed by atoms with Crippen molar-refractivity contribution in [3.05, 3.63) is 18.2 Å². The summed E-state index contributed by atoms with van der Waals surface area (Å²) in [7, 11) is 0. The molecule has 15 heavy (non-hydrogen) atoms. The molecule has 1 aromatic rings. The van der Waals surface area contributed by atoms with E-state index in [-0.39, 0.29) is 6.04 Å². The highest BCUT2D eigenvalue weighted by molar-refractivity contribution is 5.04. The highest BCUT2D eigenvalue weighted by Gasteiger charge is 2.31. The molecular formula is C9H14F3N3. The molecular weight excluding hydrogens is 207 g/mol. The van der Waals surface area contributed by atoms with E-state index in [9.17, 15) is 13.2 Å². The zero-order valence-electron chi connectivity index (χ0n) is 8.62. The van der Waals surface area contributed by atoms with E-state index in [1.807, 2.05) is 0 Å². The minimum atomic E-state index is -4.17. The normalized spacial score (nSPS) is 16.4. The molecule has 0 aromatic carbocycles. The van der Waals surface area contributed by atoms with Gasteiger partial charge in [0.05, 0.1) is 18.4 Å². The van der Waals surface area contributed by atoms with E-state index in [1.54, 1.807) is 6.92 Å². The predicted octanol–water partition coefficient (Wildman–Crippen LogP) is 2.42. The van der Waals surface area contributed by atoms with Crippen molar-refractivity contribution in [2.24, 2.45) is 5.73 Å². The Morgan fingerprint density at radius 1 is 1.47 bits per heavy atom. The second-order valence-electron chi connectivity index (χ2n) is 3.68. The molecule has 0 aliphatic rings. The first-order valence-corrected chi connectivity index (χ1v) is 4.65. The van der Waals surface area contributed by atoms with Gasteiger partial charge >= 0.3 is 6.18 Å². The number of halogens is 3. The number of nitrogens with zero attached hydrogens (tertiary/aromatic N) is 2. The molecule has 0 aliphatic carbocycles. The molecule has 2 N–H and O–H groups in total. The number of alkyl halides is 3. The summed E-state index contributed by atoms with van der Waals surface area (Å²) in [4.78, 5) is 3.81. The van der Waals surface area contributed by atoms with Gasteiger partial charge in [-0.15, -0.1) is 0 Å². The lowest BCUT2D eigenvalue weighted by Crippen LogP contribution is -2.20. The second kappa shape index (κ2) is 4.22. The lowest BCUT2D eigenvalue weighted by molar-refractivity contribution is -0.141. The van der Waals surface area contributed by atoms with Gasteiger partial charge < -0.3 is 10.3 Å². The van der Waals surface area contributed by atoms with Crippen molar-refractivity contribution in [1.29, 1.82) is 0 Å². The molecule has 0 saturated carbocycles. The average molecular weight is 221 g/mol. The summed E-state index contributed by atoms with van der Waals surface area (Å²) in [5.41, 5.74) is 6.24. The Balaban J connectivity index is 2.82. The Bertz CT molecular complexity index is 317. The molecule has 6 heteroatoms. The molecule has 0 bridgehead atoms. The van der Waals surface area contributed by atoms with E-state index in [0.29, 0.717) is 5.69 Å². The molecule has 3 nitrogen and oxygen atoms in total. The van der Waals surface area contributed by atoms with E-state index in [1.165, 1.54) is 24.0 Å². The van der Waals surface area contributed by atoms with Gasteiger partial charge in [-0.3, -0.25) is 0 Å². The summed E-state index contributed by atoms with van der Waals surface area (Å²) >= 11 is 0. The maximum atomic E-state index is 12.2. The lowest BCUT2D eigenvalue weighted by Gasteiger charge is -2.19. The monoisotopic (exact) mass is 221 g/mol. The summed E-state index contributed by atoms with van der Waals surface area (Å²) < 4.78 is 38.0. The van der Waals surface area contributed by atoms with Crippen LogP contribution in [0.5, 0.6) is 0 Å². The smallest absolute Gasteiger partial charge is 0.330 e. The van der Waals surface area contributed by atoms with Crippen molar-refractivity contribution in [1.82, 2.24) is 9.55 Å². The van der Waals surface area contributed by atoms with Crippen LogP contribution >= 0.6 is 0 Å². The maximum absolute atomic E-state index is 12.2. The summed E-state index contributed by atoms with van der Waals surface area (Å²) in [6.45, 7) is 3.22. The fourth-order valence-electron chi connectivity index (χ4n) is 1.47. The van der Waals surface area contributed by atoms with Crippen LogP contribution in [0.15, 0.2) is 12.5 Å². The quantitative estimate of drug-likeness (QED) is 0.851. The molecule has 0 radical (unpaired) electrons. The fraction of sp³-hybridized carbons (Fsp3) is 0.667. The first kappa shape index (κ1) is 12.0. The molecule has 0 aliphatic heterocycles. The van der Waals surface area contributed by atoms with Crippen LogP contribution < -0.4 is 5.73 Å². The Morgan fingerprint density at radius 2 is 2.07 bits per heavy atom. The number of imidazole rings is 1. The Morgan fingerprint density at radius 3 is 2.53 bits per heavy atom. The third kappa shape index (κ3) is 3.23. The molecule has 0 amide bonds. The van der Waals surface area contributed by atoms with Gasteiger partial charge in [0.15, 0.2) is 0 Å². The molecule has 0 saturated heterocycles. The molecule has 0 fully saturated rings. The first-order valence-electron chi connectivity index (χ1n) is 4.65. The summed E-state index contributed by atoms with van der Waals surface area (Å²) in [6, 6.07) is -0.989. The van der Waals surface area contributed by atoms with Gasteiger partial charge in [0, 0.05) is 18.3 Å². The van der Waals surface area contributed by atoms with Gasteiger partial charge in [-0.1, -0.05) is 0 Å². The van der Waals surface area contributed by atoms with Crippen molar-refractivity contribution < 1.29 is 13.2 Å². The number of aromatic nitrogens is 2. The molecule has 1 rings (SSSR count). The van der Waals surface area contributed by atoms with E-state index in [2.05, 4.69) is 4.98 Å². The molecule has 2 atom stereocenters. The summed E-state index contributed by atoms with van der Waals surface area (Å²) in [5, 5.41) is 0. The SMILES string of the molecule is CC(CC(F)(F)F)n1cncc1[C@H](C)N. The van der Waals surface area contributed by atoms with Crippen molar-refractivity contribution in [3.8, 4) is 0 Å². The predicted molar refractivity (Wildman–Crippen MR) is 50.2 cm³/mol. The fourth-order valence-corrected chi connectivity index (χ4v) is 1.47. The van der Waals surface area contributed by atoms with Crippen LogP contribution in [-0.4, -0.2) is 15.7 Å². The van der Waals surface area contributed by atoms with Crippen LogP contribution in [0.4, 0.5) is 13.2 Å². The standard InChI is InChI=1S/C9H14F3N3/c1-6(3-9(10,11)12)15-5-14-4-8(15)7(2)13/h4-7H,3,13H2,1-2H3/t6?,7-/m0/s1. The minimum Gasteiger partial charge on any atom is -0.330 e. The highest BCUT2D eigenvalue weighted by atomic mass is 19.4. The van der Waals surface area contributed by atoms with E-state index in [4.69, 9.17) is 5.73 Å². The molecule has 1 unspecified atom stereocenters. The van der Waals surface area contributed by atoms with Gasteiger partial charge in [-0.2, -0.15) is 13.2 Å².